The van der Waals surface area contributed by atoms with E-state index in [9.17, 15) is 13.2 Å². The zero-order valence-electron chi connectivity index (χ0n) is 11.6. The van der Waals surface area contributed by atoms with Gasteiger partial charge in [-0.3, -0.25) is 9.48 Å². The predicted octanol–water partition coefficient (Wildman–Crippen LogP) is -0.662. The van der Waals surface area contributed by atoms with E-state index in [-0.39, 0.29) is 29.7 Å². The van der Waals surface area contributed by atoms with Gasteiger partial charge in [0.05, 0.1) is 6.54 Å². The van der Waals surface area contributed by atoms with E-state index >= 15 is 0 Å². The molecule has 0 spiro atoms. The van der Waals surface area contributed by atoms with Gasteiger partial charge in [0, 0.05) is 32.9 Å². The number of anilines is 1. The maximum absolute atomic E-state index is 12.5. The lowest BCUT2D eigenvalue weighted by atomic mass is 10.4. The summed E-state index contributed by atoms with van der Waals surface area (Å²) in [5, 5.41) is 3.99. The first-order valence-corrected chi connectivity index (χ1v) is 7.87. The Bertz CT molecular complexity index is 610. The molecule has 1 aliphatic rings. The summed E-state index contributed by atoms with van der Waals surface area (Å²) in [6.45, 7) is 3.05. The van der Waals surface area contributed by atoms with E-state index in [1.807, 2.05) is 6.92 Å². The second-order valence-corrected chi connectivity index (χ2v) is 6.70. The van der Waals surface area contributed by atoms with E-state index in [0.717, 1.165) is 10.7 Å². The summed E-state index contributed by atoms with van der Waals surface area (Å²) in [6, 6.07) is 0. The molecule has 1 fully saturated rings. The molecule has 1 aromatic rings. The molecule has 1 aromatic heterocycles. The van der Waals surface area contributed by atoms with Crippen LogP contribution in [0, 0.1) is 0 Å². The maximum Gasteiger partial charge on any atom is 0.248 e. The summed E-state index contributed by atoms with van der Waals surface area (Å²) >= 11 is 0. The third-order valence-corrected chi connectivity index (χ3v) is 5.11. The van der Waals surface area contributed by atoms with Gasteiger partial charge in [0.2, 0.25) is 15.9 Å². The average Bonchev–Trinajstić information content (AvgIpc) is 2.75. The summed E-state index contributed by atoms with van der Waals surface area (Å²) in [5.74, 6) is -0.246. The van der Waals surface area contributed by atoms with E-state index in [4.69, 9.17) is 5.73 Å². The maximum atomic E-state index is 12.5. The molecule has 1 amide bonds. The van der Waals surface area contributed by atoms with Crippen LogP contribution >= 0.6 is 0 Å². The summed E-state index contributed by atoms with van der Waals surface area (Å²) < 4.78 is 27.7. The zero-order chi connectivity index (χ0) is 14.9. The van der Waals surface area contributed by atoms with Crippen LogP contribution in [0.1, 0.15) is 13.3 Å². The van der Waals surface area contributed by atoms with Crippen LogP contribution in [0.15, 0.2) is 11.1 Å². The van der Waals surface area contributed by atoms with Crippen molar-refractivity contribution >= 4 is 21.7 Å². The van der Waals surface area contributed by atoms with Gasteiger partial charge in [-0.15, -0.1) is 0 Å². The van der Waals surface area contributed by atoms with Gasteiger partial charge in [-0.25, -0.2) is 8.42 Å². The predicted molar refractivity (Wildman–Crippen MR) is 73.3 cm³/mol. The standard InChI is InChI=1S/C11H19N5O3S/c1-3-4-15-7-9(11(12)13-15)20(18,19)16-6-5-14(2)10(17)8-16/h7H,3-6,8H2,1-2H3,(H2,12,13). The summed E-state index contributed by atoms with van der Waals surface area (Å²) in [5.41, 5.74) is 5.69. The van der Waals surface area contributed by atoms with Crippen LogP contribution in [-0.4, -0.2) is 60.0 Å². The molecule has 2 heterocycles. The number of hydrogen-bond donors (Lipinski definition) is 1. The van der Waals surface area contributed by atoms with Crippen molar-refractivity contribution in [3.63, 3.8) is 0 Å². The minimum atomic E-state index is -3.77. The van der Waals surface area contributed by atoms with Crippen molar-refractivity contribution in [3.8, 4) is 0 Å². The fourth-order valence-corrected chi connectivity index (χ4v) is 3.48. The molecule has 9 heteroatoms. The molecule has 112 valence electrons. The number of aromatic nitrogens is 2. The molecule has 0 radical (unpaired) electrons. The number of hydrogen-bond acceptors (Lipinski definition) is 5. The van der Waals surface area contributed by atoms with Gasteiger partial charge in [-0.1, -0.05) is 6.92 Å². The zero-order valence-corrected chi connectivity index (χ0v) is 12.4. The normalized spacial score (nSPS) is 17.7. The minimum absolute atomic E-state index is 0.0233. The lowest BCUT2D eigenvalue weighted by Crippen LogP contribution is -2.50. The van der Waals surface area contributed by atoms with Crippen molar-refractivity contribution in [3.05, 3.63) is 6.20 Å². The van der Waals surface area contributed by atoms with Crippen LogP contribution < -0.4 is 5.73 Å². The molecule has 0 bridgehead atoms. The molecular weight excluding hydrogens is 282 g/mol. The molecule has 8 nitrogen and oxygen atoms in total. The number of sulfonamides is 1. The second kappa shape index (κ2) is 5.41. The molecule has 0 aromatic carbocycles. The molecule has 1 saturated heterocycles. The third-order valence-electron chi connectivity index (χ3n) is 3.25. The van der Waals surface area contributed by atoms with Gasteiger partial charge in [0.15, 0.2) is 5.82 Å². The van der Waals surface area contributed by atoms with Crippen LogP contribution in [0.5, 0.6) is 0 Å². The Morgan fingerprint density at radius 2 is 2.10 bits per heavy atom. The quantitative estimate of drug-likeness (QED) is 0.795. The number of nitrogens with zero attached hydrogens (tertiary/aromatic N) is 4. The number of aryl methyl sites for hydroxylation is 1. The number of nitrogen functional groups attached to an aromatic ring is 1. The molecule has 1 aliphatic heterocycles. The highest BCUT2D eigenvalue weighted by Crippen LogP contribution is 2.22. The highest BCUT2D eigenvalue weighted by Gasteiger charge is 2.33. The smallest absolute Gasteiger partial charge is 0.248 e. The van der Waals surface area contributed by atoms with Crippen molar-refractivity contribution in [2.45, 2.75) is 24.8 Å². The van der Waals surface area contributed by atoms with E-state index in [0.29, 0.717) is 13.1 Å². The molecular formula is C11H19N5O3S. The van der Waals surface area contributed by atoms with Gasteiger partial charge in [0.1, 0.15) is 4.90 Å². The molecule has 2 N–H and O–H groups in total. The van der Waals surface area contributed by atoms with Gasteiger partial charge >= 0.3 is 0 Å². The van der Waals surface area contributed by atoms with E-state index < -0.39 is 10.0 Å². The van der Waals surface area contributed by atoms with Crippen molar-refractivity contribution in [1.82, 2.24) is 19.0 Å². The first-order valence-electron chi connectivity index (χ1n) is 6.43. The Balaban J connectivity index is 2.28. The van der Waals surface area contributed by atoms with Gasteiger partial charge in [-0.2, -0.15) is 9.40 Å². The number of carbonyl (C=O) groups excluding carboxylic acids is 1. The first-order chi connectivity index (χ1) is 9.36. The van der Waals surface area contributed by atoms with Crippen LogP contribution in [-0.2, 0) is 21.4 Å². The SMILES string of the molecule is CCCn1cc(S(=O)(=O)N2CCN(C)C(=O)C2)c(N)n1. The largest absolute Gasteiger partial charge is 0.381 e. The summed E-state index contributed by atoms with van der Waals surface area (Å²) in [6.07, 6.45) is 2.25. The highest BCUT2D eigenvalue weighted by molar-refractivity contribution is 7.89. The van der Waals surface area contributed by atoms with E-state index in [1.54, 1.807) is 7.05 Å². The van der Waals surface area contributed by atoms with Crippen molar-refractivity contribution in [1.29, 1.82) is 0 Å². The second-order valence-electron chi connectivity index (χ2n) is 4.80. The summed E-state index contributed by atoms with van der Waals surface area (Å²) in [7, 11) is -2.12. The number of rotatable bonds is 4. The van der Waals surface area contributed by atoms with Crippen LogP contribution in [0.2, 0.25) is 0 Å². The molecule has 0 aliphatic carbocycles. The molecule has 0 unspecified atom stereocenters. The Morgan fingerprint density at radius 3 is 2.70 bits per heavy atom. The number of amides is 1. The van der Waals surface area contributed by atoms with E-state index in [1.165, 1.54) is 15.8 Å². The van der Waals surface area contributed by atoms with Crippen LogP contribution in [0.3, 0.4) is 0 Å². The van der Waals surface area contributed by atoms with Crippen molar-refractivity contribution in [2.24, 2.45) is 0 Å². The first kappa shape index (κ1) is 14.8. The molecule has 0 saturated carbocycles. The molecule has 2 rings (SSSR count). The Kier molecular flexibility index (Phi) is 4.00. The molecule has 0 atom stereocenters. The fraction of sp³-hybridized carbons (Fsp3) is 0.636. The Hall–Kier alpha value is -1.61. The number of piperazine rings is 1. The lowest BCUT2D eigenvalue weighted by Gasteiger charge is -2.30. The third kappa shape index (κ3) is 2.63. The Labute approximate surface area is 118 Å². The topological polar surface area (TPSA) is 102 Å². The van der Waals surface area contributed by atoms with Crippen molar-refractivity contribution in [2.75, 3.05) is 32.4 Å². The summed E-state index contributed by atoms with van der Waals surface area (Å²) in [4.78, 5) is 13.1. The number of carbonyl (C=O) groups is 1. The highest BCUT2D eigenvalue weighted by atomic mass is 32.2. The molecule has 20 heavy (non-hydrogen) atoms. The Morgan fingerprint density at radius 1 is 1.40 bits per heavy atom. The van der Waals surface area contributed by atoms with Gasteiger partial charge in [-0.05, 0) is 6.42 Å². The number of nitrogens with two attached hydrogens (primary N) is 1. The average molecular weight is 301 g/mol. The van der Waals surface area contributed by atoms with E-state index in [2.05, 4.69) is 5.10 Å². The van der Waals surface area contributed by atoms with Gasteiger partial charge < -0.3 is 10.6 Å². The monoisotopic (exact) mass is 301 g/mol. The van der Waals surface area contributed by atoms with Crippen molar-refractivity contribution < 1.29 is 13.2 Å². The lowest BCUT2D eigenvalue weighted by molar-refractivity contribution is -0.132. The number of likely N-dealkylation sites (N-methyl/N-ethyl adjacent to an activating group) is 1. The van der Waals surface area contributed by atoms with Crippen LogP contribution in [0.25, 0.3) is 0 Å². The fourth-order valence-electron chi connectivity index (χ4n) is 2.04. The van der Waals surface area contributed by atoms with Crippen LogP contribution in [0.4, 0.5) is 5.82 Å². The van der Waals surface area contributed by atoms with Gasteiger partial charge in [0.25, 0.3) is 0 Å². The minimum Gasteiger partial charge on any atom is -0.381 e.